The minimum Gasteiger partial charge on any atom is -0.394 e. The zero-order valence-corrected chi connectivity index (χ0v) is 21.5. The number of aromatic amines is 1. The summed E-state index contributed by atoms with van der Waals surface area (Å²) in [6, 6.07) is 17.3. The van der Waals surface area contributed by atoms with Gasteiger partial charge >= 0.3 is 0 Å². The van der Waals surface area contributed by atoms with Crippen molar-refractivity contribution in [2.75, 3.05) is 11.3 Å². The summed E-state index contributed by atoms with van der Waals surface area (Å²) in [6.07, 6.45) is 1.41. The Morgan fingerprint density at radius 3 is 2.36 bits per heavy atom. The summed E-state index contributed by atoms with van der Waals surface area (Å²) in [5, 5.41) is 12.7. The molecule has 0 aliphatic heterocycles. The van der Waals surface area contributed by atoms with Crippen LogP contribution in [-0.4, -0.2) is 42.0 Å². The number of carbonyl (C=O) groups is 1. The van der Waals surface area contributed by atoms with E-state index in [2.05, 4.69) is 40.8 Å². The lowest BCUT2D eigenvalue weighted by atomic mass is 9.87. The summed E-state index contributed by atoms with van der Waals surface area (Å²) in [4.78, 5) is 20.6. The number of nitrogens with zero attached hydrogens (tertiary/aromatic N) is 1. The highest BCUT2D eigenvalue weighted by molar-refractivity contribution is 7.92. The number of aliphatic hydroxyl groups excluding tert-OH is 1. The van der Waals surface area contributed by atoms with Gasteiger partial charge in [-0.25, -0.2) is 13.4 Å². The Labute approximate surface area is 210 Å². The van der Waals surface area contributed by atoms with Crippen molar-refractivity contribution in [1.29, 1.82) is 0 Å². The molecule has 0 spiro atoms. The van der Waals surface area contributed by atoms with Gasteiger partial charge in [-0.3, -0.25) is 9.52 Å². The fourth-order valence-electron chi connectivity index (χ4n) is 3.89. The smallest absolute Gasteiger partial charge is 0.268 e. The minimum atomic E-state index is -3.86. The standard InChI is InChI=1S/C27H30N4O4S/c1-17(16-32)29-26(33)24-23(18-8-6-5-7-9-18)22-14-20(15-28-25(22)30-24)31-36(34,35)21-12-10-19(11-13-21)27(2,3)4/h5-15,17,31-32H,16H2,1-4H3,(H,28,30)(H,29,33). The highest BCUT2D eigenvalue weighted by atomic mass is 32.2. The highest BCUT2D eigenvalue weighted by Gasteiger charge is 2.23. The highest BCUT2D eigenvalue weighted by Crippen LogP contribution is 2.34. The fraction of sp³-hybridized carbons (Fsp3) is 0.259. The summed E-state index contributed by atoms with van der Waals surface area (Å²) in [7, 11) is -3.86. The fourth-order valence-corrected chi connectivity index (χ4v) is 4.93. The molecule has 1 atom stereocenters. The Kier molecular flexibility index (Phi) is 6.88. The van der Waals surface area contributed by atoms with E-state index in [4.69, 9.17) is 0 Å². The SMILES string of the molecule is CC(CO)NC(=O)c1[nH]c2ncc(NS(=O)(=O)c3ccc(C(C)(C)C)cc3)cc2c1-c1ccccc1. The molecule has 4 rings (SSSR count). The van der Waals surface area contributed by atoms with Crippen molar-refractivity contribution in [2.45, 2.75) is 44.0 Å². The predicted octanol–water partition coefficient (Wildman–Crippen LogP) is 4.44. The summed E-state index contributed by atoms with van der Waals surface area (Å²) in [5.41, 5.74) is 3.29. The van der Waals surface area contributed by atoms with E-state index in [0.717, 1.165) is 11.1 Å². The number of rotatable bonds is 7. The number of nitrogens with one attached hydrogen (secondary N) is 3. The number of sulfonamides is 1. The van der Waals surface area contributed by atoms with E-state index in [1.807, 2.05) is 42.5 Å². The average molecular weight is 507 g/mol. The molecule has 0 saturated heterocycles. The summed E-state index contributed by atoms with van der Waals surface area (Å²) in [6.45, 7) is 7.69. The molecule has 0 aliphatic rings. The van der Waals surface area contributed by atoms with Gasteiger partial charge in [-0.2, -0.15) is 0 Å². The van der Waals surface area contributed by atoms with Crippen molar-refractivity contribution in [2.24, 2.45) is 0 Å². The monoisotopic (exact) mass is 506 g/mol. The summed E-state index contributed by atoms with van der Waals surface area (Å²) < 4.78 is 28.8. The van der Waals surface area contributed by atoms with E-state index in [1.165, 1.54) is 6.20 Å². The third-order valence-corrected chi connectivity index (χ3v) is 7.27. The molecule has 8 nitrogen and oxygen atoms in total. The van der Waals surface area contributed by atoms with Crippen LogP contribution < -0.4 is 10.0 Å². The Hall–Kier alpha value is -3.69. The molecular formula is C27H30N4O4S. The maximum atomic E-state index is 13.1. The molecule has 1 amide bonds. The van der Waals surface area contributed by atoms with E-state index < -0.39 is 22.0 Å². The Bertz CT molecular complexity index is 1490. The Morgan fingerprint density at radius 1 is 1.08 bits per heavy atom. The van der Waals surface area contributed by atoms with Crippen molar-refractivity contribution in [1.82, 2.24) is 15.3 Å². The van der Waals surface area contributed by atoms with Crippen LogP contribution in [-0.2, 0) is 15.4 Å². The maximum Gasteiger partial charge on any atom is 0.268 e. The van der Waals surface area contributed by atoms with Crippen molar-refractivity contribution < 1.29 is 18.3 Å². The van der Waals surface area contributed by atoms with Crippen LogP contribution in [0.15, 0.2) is 71.8 Å². The van der Waals surface area contributed by atoms with Crippen LogP contribution in [0.4, 0.5) is 5.69 Å². The van der Waals surface area contributed by atoms with Gasteiger partial charge in [0.1, 0.15) is 11.3 Å². The second-order valence-electron chi connectivity index (χ2n) is 9.80. The van der Waals surface area contributed by atoms with Gasteiger partial charge in [0.05, 0.1) is 23.4 Å². The van der Waals surface area contributed by atoms with E-state index in [1.54, 1.807) is 25.1 Å². The van der Waals surface area contributed by atoms with Crippen LogP contribution in [0.3, 0.4) is 0 Å². The van der Waals surface area contributed by atoms with Crippen LogP contribution in [0.5, 0.6) is 0 Å². The lowest BCUT2D eigenvalue weighted by molar-refractivity contribution is 0.0918. The molecule has 0 bridgehead atoms. The first-order valence-electron chi connectivity index (χ1n) is 11.6. The number of anilines is 1. The molecule has 0 fully saturated rings. The van der Waals surface area contributed by atoms with Gasteiger partial charge in [-0.05, 0) is 41.7 Å². The van der Waals surface area contributed by atoms with Gasteiger partial charge in [0.25, 0.3) is 15.9 Å². The average Bonchev–Trinajstić information content (AvgIpc) is 3.23. The quantitative estimate of drug-likeness (QED) is 0.295. The van der Waals surface area contributed by atoms with Crippen molar-refractivity contribution in [3.05, 3.63) is 78.1 Å². The largest absolute Gasteiger partial charge is 0.394 e. The first kappa shape index (κ1) is 25.4. The number of pyridine rings is 1. The molecule has 36 heavy (non-hydrogen) atoms. The van der Waals surface area contributed by atoms with E-state index >= 15 is 0 Å². The van der Waals surface area contributed by atoms with Crippen LogP contribution >= 0.6 is 0 Å². The second-order valence-corrected chi connectivity index (χ2v) is 11.5. The summed E-state index contributed by atoms with van der Waals surface area (Å²) in [5.74, 6) is -0.394. The molecule has 4 aromatic rings. The lowest BCUT2D eigenvalue weighted by Gasteiger charge is -2.19. The van der Waals surface area contributed by atoms with Gasteiger partial charge in [-0.15, -0.1) is 0 Å². The molecule has 4 N–H and O–H groups in total. The van der Waals surface area contributed by atoms with E-state index in [0.29, 0.717) is 16.6 Å². The molecule has 188 valence electrons. The van der Waals surface area contributed by atoms with E-state index in [9.17, 15) is 18.3 Å². The number of aromatic nitrogens is 2. The van der Waals surface area contributed by atoms with Crippen molar-refractivity contribution >= 4 is 32.7 Å². The second kappa shape index (κ2) is 9.75. The Balaban J connectivity index is 1.74. The topological polar surface area (TPSA) is 124 Å². The van der Waals surface area contributed by atoms with Gasteiger partial charge in [0, 0.05) is 17.0 Å². The molecule has 2 aromatic heterocycles. The molecule has 0 radical (unpaired) electrons. The molecular weight excluding hydrogens is 476 g/mol. The van der Waals surface area contributed by atoms with Gasteiger partial charge < -0.3 is 15.4 Å². The van der Waals surface area contributed by atoms with Crippen LogP contribution in [0, 0.1) is 0 Å². The van der Waals surface area contributed by atoms with Gasteiger partial charge in [0.2, 0.25) is 0 Å². The number of amides is 1. The number of benzene rings is 2. The van der Waals surface area contributed by atoms with Crippen molar-refractivity contribution in [3.63, 3.8) is 0 Å². The number of fused-ring (bicyclic) bond motifs is 1. The zero-order valence-electron chi connectivity index (χ0n) is 20.7. The Morgan fingerprint density at radius 2 is 1.75 bits per heavy atom. The maximum absolute atomic E-state index is 13.1. The number of carbonyl (C=O) groups excluding carboxylic acids is 1. The number of hydrogen-bond acceptors (Lipinski definition) is 5. The lowest BCUT2D eigenvalue weighted by Crippen LogP contribution is -2.35. The van der Waals surface area contributed by atoms with Crippen LogP contribution in [0.25, 0.3) is 22.2 Å². The molecule has 0 saturated carbocycles. The molecule has 0 aliphatic carbocycles. The molecule has 2 heterocycles. The normalized spacial score (nSPS) is 12.9. The number of hydrogen-bond donors (Lipinski definition) is 4. The number of aliphatic hydroxyl groups is 1. The first-order chi connectivity index (χ1) is 17.0. The molecule has 2 aromatic carbocycles. The predicted molar refractivity (Wildman–Crippen MR) is 141 cm³/mol. The minimum absolute atomic E-state index is 0.0915. The third-order valence-electron chi connectivity index (χ3n) is 5.87. The van der Waals surface area contributed by atoms with Gasteiger partial charge in [-0.1, -0.05) is 63.2 Å². The molecule has 9 heteroatoms. The third kappa shape index (κ3) is 5.27. The van der Waals surface area contributed by atoms with Crippen LogP contribution in [0.1, 0.15) is 43.7 Å². The van der Waals surface area contributed by atoms with E-state index in [-0.39, 0.29) is 28.3 Å². The van der Waals surface area contributed by atoms with Gasteiger partial charge in [0.15, 0.2) is 0 Å². The first-order valence-corrected chi connectivity index (χ1v) is 13.1. The van der Waals surface area contributed by atoms with Crippen molar-refractivity contribution in [3.8, 4) is 11.1 Å². The summed E-state index contributed by atoms with van der Waals surface area (Å²) >= 11 is 0. The molecule has 1 unspecified atom stereocenters. The zero-order chi connectivity index (χ0) is 26.1. The number of H-pyrrole nitrogens is 1. The van der Waals surface area contributed by atoms with Crippen LogP contribution in [0.2, 0.25) is 0 Å².